The third-order valence-corrected chi connectivity index (χ3v) is 1.53. The van der Waals surface area contributed by atoms with Crippen LogP contribution in [0.2, 0.25) is 0 Å². The Hall–Kier alpha value is -1.13. The minimum Gasteiger partial charge on any atom is -0.333 e. The standard InChI is InChI=1S/C7H5O2P.3CH5N/c8-7(10-9)6-4-2-1-3-5-6;3*1-2/h1-5H;3*2H2,1H3. The van der Waals surface area contributed by atoms with Crippen LogP contribution in [-0.4, -0.2) is 26.7 Å². The Morgan fingerprint density at radius 2 is 1.31 bits per heavy atom. The number of hydrogen-bond donors (Lipinski definition) is 3. The maximum absolute atomic E-state index is 10.7. The average molecular weight is 245 g/mol. The van der Waals surface area contributed by atoms with Crippen LogP contribution in [0.3, 0.4) is 0 Å². The molecule has 0 aromatic heterocycles. The first-order valence-electron chi connectivity index (χ1n) is 4.50. The van der Waals surface area contributed by atoms with E-state index in [1.54, 1.807) is 30.3 Å². The van der Waals surface area contributed by atoms with Gasteiger partial charge in [-0.3, -0.25) is 9.36 Å². The van der Waals surface area contributed by atoms with Crippen molar-refractivity contribution >= 4 is 14.0 Å². The molecule has 0 fully saturated rings. The predicted molar refractivity (Wildman–Crippen MR) is 68.7 cm³/mol. The van der Waals surface area contributed by atoms with Gasteiger partial charge in [-0.25, -0.2) is 0 Å². The van der Waals surface area contributed by atoms with Gasteiger partial charge in [0.05, 0.1) is 0 Å². The van der Waals surface area contributed by atoms with Crippen LogP contribution in [0, 0.1) is 0 Å². The number of hydrogen-bond acceptors (Lipinski definition) is 5. The van der Waals surface area contributed by atoms with Crippen molar-refractivity contribution in [1.82, 2.24) is 0 Å². The molecule has 92 valence electrons. The molecule has 0 saturated heterocycles. The van der Waals surface area contributed by atoms with Crippen molar-refractivity contribution in [3.05, 3.63) is 35.9 Å². The fraction of sp³-hybridized carbons (Fsp3) is 0.300. The van der Waals surface area contributed by atoms with E-state index in [0.717, 1.165) is 0 Å². The third-order valence-electron chi connectivity index (χ3n) is 1.10. The summed E-state index contributed by atoms with van der Waals surface area (Å²) in [5, 5.41) is 0. The van der Waals surface area contributed by atoms with Crippen molar-refractivity contribution in [2.45, 2.75) is 0 Å². The van der Waals surface area contributed by atoms with Gasteiger partial charge in [0, 0.05) is 5.56 Å². The van der Waals surface area contributed by atoms with Crippen molar-refractivity contribution in [1.29, 1.82) is 0 Å². The SMILES string of the molecule is CN.CN.CN.O=PC(=O)c1ccccc1. The summed E-state index contributed by atoms with van der Waals surface area (Å²) >= 11 is 0. The zero-order valence-corrected chi connectivity index (χ0v) is 10.8. The van der Waals surface area contributed by atoms with Crippen molar-refractivity contribution in [2.24, 2.45) is 17.2 Å². The molecule has 6 heteroatoms. The Morgan fingerprint density at radius 3 is 1.62 bits per heavy atom. The van der Waals surface area contributed by atoms with Crippen molar-refractivity contribution in [3.63, 3.8) is 0 Å². The maximum Gasteiger partial charge on any atom is 0.253 e. The number of rotatable bonds is 2. The fourth-order valence-electron chi connectivity index (χ4n) is 0.633. The van der Waals surface area contributed by atoms with Crippen LogP contribution in [0.4, 0.5) is 0 Å². The van der Waals surface area contributed by atoms with Gasteiger partial charge in [0.25, 0.3) is 5.52 Å². The Bertz CT molecular complexity index is 256. The molecule has 5 nitrogen and oxygen atoms in total. The average Bonchev–Trinajstić information content (AvgIpc) is 2.45. The number of nitrogens with two attached hydrogens (primary N) is 3. The monoisotopic (exact) mass is 245 g/mol. The second-order valence-electron chi connectivity index (χ2n) is 1.76. The molecule has 1 rings (SSSR count). The van der Waals surface area contributed by atoms with Crippen LogP contribution in [0.15, 0.2) is 30.3 Å². The third kappa shape index (κ3) is 10.9. The molecule has 0 aliphatic heterocycles. The van der Waals surface area contributed by atoms with E-state index in [0.29, 0.717) is 5.56 Å². The van der Waals surface area contributed by atoms with Gasteiger partial charge in [0.2, 0.25) is 8.46 Å². The molecule has 0 aliphatic carbocycles. The molecule has 0 bridgehead atoms. The molecular formula is C10H20N3O2P. The van der Waals surface area contributed by atoms with Gasteiger partial charge in [0.15, 0.2) is 0 Å². The number of carbonyl (C=O) groups excluding carboxylic acids is 1. The van der Waals surface area contributed by atoms with Crippen molar-refractivity contribution in [3.8, 4) is 0 Å². The first-order valence-corrected chi connectivity index (χ1v) is 5.32. The van der Waals surface area contributed by atoms with E-state index < -0.39 is 8.46 Å². The van der Waals surface area contributed by atoms with Crippen molar-refractivity contribution in [2.75, 3.05) is 21.1 Å². The van der Waals surface area contributed by atoms with Crippen LogP contribution in [0.5, 0.6) is 0 Å². The Labute approximate surface area is 98.2 Å². The predicted octanol–water partition coefficient (Wildman–Crippen LogP) is 0.843. The molecule has 1 aromatic rings. The first kappa shape index (κ1) is 20.3. The Kier molecular flexibility index (Phi) is 24.7. The van der Waals surface area contributed by atoms with Crippen LogP contribution in [-0.2, 0) is 4.57 Å². The number of benzene rings is 1. The highest BCUT2D eigenvalue weighted by atomic mass is 31.1. The fourth-order valence-corrected chi connectivity index (χ4v) is 0.888. The van der Waals surface area contributed by atoms with Gasteiger partial charge in [0.1, 0.15) is 0 Å². The lowest BCUT2D eigenvalue weighted by Crippen LogP contribution is -1.85. The van der Waals surface area contributed by atoms with Gasteiger partial charge < -0.3 is 17.2 Å². The minimum absolute atomic E-state index is 0.374. The molecule has 0 spiro atoms. The summed E-state index contributed by atoms with van der Waals surface area (Å²) in [5.74, 6) is 0. The topological polar surface area (TPSA) is 112 Å². The molecule has 0 heterocycles. The second-order valence-corrected chi connectivity index (χ2v) is 2.35. The van der Waals surface area contributed by atoms with Gasteiger partial charge in [-0.15, -0.1) is 0 Å². The van der Waals surface area contributed by atoms with Crippen LogP contribution in [0.1, 0.15) is 10.4 Å². The molecule has 0 atom stereocenters. The summed E-state index contributed by atoms with van der Waals surface area (Å²) in [6.45, 7) is 0. The minimum atomic E-state index is -0.445. The van der Waals surface area contributed by atoms with Crippen molar-refractivity contribution < 1.29 is 9.36 Å². The van der Waals surface area contributed by atoms with Gasteiger partial charge in [-0.1, -0.05) is 30.3 Å². The molecule has 0 unspecified atom stereocenters. The van der Waals surface area contributed by atoms with E-state index in [1.165, 1.54) is 21.1 Å². The zero-order chi connectivity index (χ0) is 13.4. The molecule has 0 aliphatic rings. The number of carbonyl (C=O) groups is 1. The lowest BCUT2D eigenvalue weighted by Gasteiger charge is -1.87. The van der Waals surface area contributed by atoms with E-state index >= 15 is 0 Å². The van der Waals surface area contributed by atoms with E-state index in [9.17, 15) is 9.36 Å². The highest BCUT2D eigenvalue weighted by molar-refractivity contribution is 7.47. The molecule has 6 N–H and O–H groups in total. The summed E-state index contributed by atoms with van der Waals surface area (Å²) in [5.41, 5.74) is 13.6. The Morgan fingerprint density at radius 1 is 0.938 bits per heavy atom. The summed E-state index contributed by atoms with van der Waals surface area (Å²) < 4.78 is 10.1. The van der Waals surface area contributed by atoms with Gasteiger partial charge in [-0.2, -0.15) is 0 Å². The molecule has 0 radical (unpaired) electrons. The molecule has 1 aromatic carbocycles. The van der Waals surface area contributed by atoms with Gasteiger partial charge in [-0.05, 0) is 21.1 Å². The zero-order valence-electron chi connectivity index (χ0n) is 9.88. The molecular weight excluding hydrogens is 225 g/mol. The largest absolute Gasteiger partial charge is 0.333 e. The Balaban J connectivity index is -0.000000245. The normalized spacial score (nSPS) is 7.12. The van der Waals surface area contributed by atoms with E-state index in [4.69, 9.17) is 0 Å². The summed E-state index contributed by atoms with van der Waals surface area (Å²) in [4.78, 5) is 10.7. The van der Waals surface area contributed by atoms with E-state index in [-0.39, 0.29) is 5.52 Å². The summed E-state index contributed by atoms with van der Waals surface area (Å²) in [7, 11) is 4.05. The van der Waals surface area contributed by atoms with Crippen LogP contribution < -0.4 is 17.2 Å². The summed E-state index contributed by atoms with van der Waals surface area (Å²) in [6.07, 6.45) is 0. The quantitative estimate of drug-likeness (QED) is 0.668. The van der Waals surface area contributed by atoms with E-state index in [1.807, 2.05) is 0 Å². The van der Waals surface area contributed by atoms with Gasteiger partial charge >= 0.3 is 0 Å². The summed E-state index contributed by atoms with van der Waals surface area (Å²) in [6, 6.07) is 8.54. The first-order chi connectivity index (χ1) is 7.84. The highest BCUT2D eigenvalue weighted by Crippen LogP contribution is 2.07. The lowest BCUT2D eigenvalue weighted by atomic mass is 10.2. The maximum atomic E-state index is 10.7. The van der Waals surface area contributed by atoms with E-state index in [2.05, 4.69) is 17.2 Å². The van der Waals surface area contributed by atoms with Crippen LogP contribution >= 0.6 is 8.46 Å². The molecule has 16 heavy (non-hydrogen) atoms. The molecule has 0 saturated carbocycles. The lowest BCUT2D eigenvalue weighted by molar-refractivity contribution is 0.108. The van der Waals surface area contributed by atoms with Crippen LogP contribution in [0.25, 0.3) is 0 Å². The molecule has 0 amide bonds. The second kappa shape index (κ2) is 19.4. The highest BCUT2D eigenvalue weighted by Gasteiger charge is 2.01. The smallest absolute Gasteiger partial charge is 0.253 e.